The molecule has 1 rings (SSSR count). The Morgan fingerprint density at radius 3 is 2.75 bits per heavy atom. The van der Waals surface area contributed by atoms with Crippen LogP contribution in [0.2, 0.25) is 0 Å². The molecule has 0 aromatic rings. The normalized spacial score (nSPS) is 34.2. The van der Waals surface area contributed by atoms with E-state index >= 15 is 0 Å². The van der Waals surface area contributed by atoms with Gasteiger partial charge < -0.3 is 5.21 Å². The average molecular weight is 114 g/mol. The SMILES string of the molecule is CO[N+]1([O-])C=CN=C1. The predicted octanol–water partition coefficient (Wildman–Crippen LogP) is 0.376. The molecular weight excluding hydrogens is 108 g/mol. The summed E-state index contributed by atoms with van der Waals surface area (Å²) in [4.78, 5) is 7.08. The van der Waals surface area contributed by atoms with Crippen molar-refractivity contribution in [3.8, 4) is 0 Å². The van der Waals surface area contributed by atoms with Crippen LogP contribution >= 0.6 is 0 Å². The lowest BCUT2D eigenvalue weighted by atomic mass is 10.9. The molecule has 0 aromatic heterocycles. The molecule has 1 aliphatic rings. The molecule has 8 heavy (non-hydrogen) atoms. The van der Waals surface area contributed by atoms with Crippen molar-refractivity contribution in [2.75, 3.05) is 7.11 Å². The number of quaternary nitrogens is 1. The summed E-state index contributed by atoms with van der Waals surface area (Å²) in [5.41, 5.74) is 0. The molecule has 0 aliphatic carbocycles. The van der Waals surface area contributed by atoms with E-state index in [9.17, 15) is 5.21 Å². The third kappa shape index (κ3) is 0.764. The van der Waals surface area contributed by atoms with E-state index in [1.807, 2.05) is 0 Å². The lowest BCUT2D eigenvalue weighted by molar-refractivity contribution is -0.941. The topological polar surface area (TPSA) is 44.6 Å². The molecule has 1 unspecified atom stereocenters. The van der Waals surface area contributed by atoms with Gasteiger partial charge in [0, 0.05) is 0 Å². The highest BCUT2D eigenvalue weighted by atomic mass is 16.9. The molecule has 0 amide bonds. The number of hydroxylamine groups is 4. The first-order chi connectivity index (χ1) is 3.77. The second kappa shape index (κ2) is 1.66. The highest BCUT2D eigenvalue weighted by molar-refractivity contribution is 5.50. The molecule has 0 aromatic carbocycles. The van der Waals surface area contributed by atoms with E-state index in [4.69, 9.17) is 0 Å². The quantitative estimate of drug-likeness (QED) is 0.365. The molecule has 44 valence electrons. The Labute approximate surface area is 46.8 Å². The number of hydrogen-bond acceptors (Lipinski definition) is 3. The summed E-state index contributed by atoms with van der Waals surface area (Å²) in [5.74, 6) is 0. The van der Waals surface area contributed by atoms with Gasteiger partial charge in [-0.05, 0) is 0 Å². The van der Waals surface area contributed by atoms with Crippen molar-refractivity contribution in [2.24, 2.45) is 4.99 Å². The van der Waals surface area contributed by atoms with Gasteiger partial charge in [-0.15, -0.1) is 4.81 Å². The van der Waals surface area contributed by atoms with Crippen molar-refractivity contribution in [2.45, 2.75) is 0 Å². The Morgan fingerprint density at radius 2 is 2.50 bits per heavy atom. The van der Waals surface area contributed by atoms with Crippen molar-refractivity contribution in [3.05, 3.63) is 17.6 Å². The zero-order chi connectivity index (χ0) is 6.04. The second-order valence-corrected chi connectivity index (χ2v) is 1.39. The predicted molar refractivity (Wildman–Crippen MR) is 28.3 cm³/mol. The van der Waals surface area contributed by atoms with E-state index in [0.717, 1.165) is 6.34 Å². The Hall–Kier alpha value is -0.710. The molecule has 0 radical (unpaired) electrons. The van der Waals surface area contributed by atoms with Crippen molar-refractivity contribution >= 4 is 6.34 Å². The molecule has 1 heterocycles. The van der Waals surface area contributed by atoms with Gasteiger partial charge in [0.1, 0.15) is 0 Å². The first-order valence-corrected chi connectivity index (χ1v) is 2.14. The number of hydrogen-bond donors (Lipinski definition) is 0. The van der Waals surface area contributed by atoms with Gasteiger partial charge in [-0.1, -0.05) is 0 Å². The summed E-state index contributed by atoms with van der Waals surface area (Å²) in [6, 6.07) is 0. The van der Waals surface area contributed by atoms with Crippen molar-refractivity contribution in [3.63, 3.8) is 0 Å². The minimum absolute atomic E-state index is 0.903. The van der Waals surface area contributed by atoms with Crippen LogP contribution in [0.15, 0.2) is 17.4 Å². The fourth-order valence-corrected chi connectivity index (χ4v) is 0.409. The van der Waals surface area contributed by atoms with Gasteiger partial charge in [-0.2, -0.15) is 4.84 Å². The maximum absolute atomic E-state index is 10.8. The third-order valence-electron chi connectivity index (χ3n) is 0.873. The lowest BCUT2D eigenvalue weighted by Gasteiger charge is -2.24. The Bertz CT molecular complexity index is 129. The van der Waals surface area contributed by atoms with E-state index in [1.54, 1.807) is 0 Å². The minimum Gasteiger partial charge on any atom is -0.587 e. The summed E-state index contributed by atoms with van der Waals surface area (Å²) >= 11 is 0. The van der Waals surface area contributed by atoms with E-state index in [0.29, 0.717) is 0 Å². The molecule has 4 heteroatoms. The smallest absolute Gasteiger partial charge is 0.228 e. The number of nitrogens with zero attached hydrogens (tertiary/aromatic N) is 2. The fraction of sp³-hybridized carbons (Fsp3) is 0.250. The van der Waals surface area contributed by atoms with Crippen molar-refractivity contribution < 1.29 is 9.65 Å². The monoisotopic (exact) mass is 114 g/mol. The fourth-order valence-electron chi connectivity index (χ4n) is 0.409. The molecular formula is C4H6N2O2. The summed E-state index contributed by atoms with van der Waals surface area (Å²) < 4.78 is 0. The first kappa shape index (κ1) is 5.43. The molecule has 0 saturated carbocycles. The van der Waals surface area contributed by atoms with Crippen LogP contribution in [0.5, 0.6) is 0 Å². The van der Waals surface area contributed by atoms with Crippen LogP contribution in [0.25, 0.3) is 0 Å². The minimum atomic E-state index is -0.903. The second-order valence-electron chi connectivity index (χ2n) is 1.39. The Balaban J connectivity index is 2.69. The van der Waals surface area contributed by atoms with Crippen LogP contribution in [0.1, 0.15) is 0 Å². The molecule has 4 nitrogen and oxygen atoms in total. The Kier molecular flexibility index (Phi) is 1.13. The summed E-state index contributed by atoms with van der Waals surface area (Å²) in [5, 5.41) is 10.8. The van der Waals surface area contributed by atoms with E-state index in [2.05, 4.69) is 9.83 Å². The molecule has 0 fully saturated rings. The third-order valence-corrected chi connectivity index (χ3v) is 0.873. The van der Waals surface area contributed by atoms with Crippen molar-refractivity contribution in [1.82, 2.24) is 0 Å². The maximum atomic E-state index is 10.8. The van der Waals surface area contributed by atoms with Gasteiger partial charge >= 0.3 is 0 Å². The van der Waals surface area contributed by atoms with E-state index < -0.39 is 4.81 Å². The average Bonchev–Trinajstić information content (AvgIpc) is 2.17. The van der Waals surface area contributed by atoms with Gasteiger partial charge in [0.2, 0.25) is 6.34 Å². The summed E-state index contributed by atoms with van der Waals surface area (Å²) in [6.45, 7) is 0. The van der Waals surface area contributed by atoms with Crippen molar-refractivity contribution in [1.29, 1.82) is 0 Å². The zero-order valence-electron chi connectivity index (χ0n) is 4.44. The number of rotatable bonds is 1. The van der Waals surface area contributed by atoms with Crippen LogP contribution in [0.3, 0.4) is 0 Å². The van der Waals surface area contributed by atoms with Crippen LogP contribution in [-0.4, -0.2) is 18.3 Å². The van der Waals surface area contributed by atoms with Gasteiger partial charge in [-0.25, -0.2) is 4.99 Å². The van der Waals surface area contributed by atoms with E-state index in [-0.39, 0.29) is 0 Å². The highest BCUT2D eigenvalue weighted by Gasteiger charge is 2.12. The molecule has 0 bridgehead atoms. The largest absolute Gasteiger partial charge is 0.587 e. The van der Waals surface area contributed by atoms with Crippen LogP contribution in [0, 0.1) is 5.21 Å². The van der Waals surface area contributed by atoms with Gasteiger partial charge in [0.05, 0.1) is 13.3 Å². The van der Waals surface area contributed by atoms with Crippen LogP contribution in [0.4, 0.5) is 0 Å². The summed E-state index contributed by atoms with van der Waals surface area (Å²) in [7, 11) is 1.33. The van der Waals surface area contributed by atoms with Gasteiger partial charge in [0.15, 0.2) is 6.20 Å². The molecule has 0 spiro atoms. The molecule has 1 aliphatic heterocycles. The molecule has 1 atom stereocenters. The standard InChI is InChI=1S/C4H6N2O2/c1-8-6(7)3-2-5-4-6/h2-4H,1H3. The van der Waals surface area contributed by atoms with E-state index in [1.165, 1.54) is 19.5 Å². The molecule has 0 saturated heterocycles. The Morgan fingerprint density at radius 1 is 1.75 bits per heavy atom. The summed E-state index contributed by atoms with van der Waals surface area (Å²) in [6.07, 6.45) is 3.84. The van der Waals surface area contributed by atoms with Gasteiger partial charge in [0.25, 0.3) is 0 Å². The van der Waals surface area contributed by atoms with Crippen LogP contribution in [-0.2, 0) is 4.84 Å². The number of aliphatic imine (C=N–C) groups is 1. The van der Waals surface area contributed by atoms with Gasteiger partial charge in [-0.3, -0.25) is 0 Å². The van der Waals surface area contributed by atoms with Crippen LogP contribution < -0.4 is 0 Å². The lowest BCUT2D eigenvalue weighted by Crippen LogP contribution is -2.30. The maximum Gasteiger partial charge on any atom is 0.228 e. The zero-order valence-corrected chi connectivity index (χ0v) is 4.44. The highest BCUT2D eigenvalue weighted by Crippen LogP contribution is 2.06. The first-order valence-electron chi connectivity index (χ1n) is 2.14. The molecule has 0 N–H and O–H groups in total.